The predicted octanol–water partition coefficient (Wildman–Crippen LogP) is 8.62. The number of fused-ring (bicyclic) bond motifs is 2. The number of allylic oxidation sites excluding steroid dienone is 1. The van der Waals surface area contributed by atoms with Gasteiger partial charge in [0.25, 0.3) is 0 Å². The van der Waals surface area contributed by atoms with Crippen LogP contribution in [0.1, 0.15) is 36.1 Å². The van der Waals surface area contributed by atoms with Crippen LogP contribution in [0.4, 0.5) is 5.69 Å². The minimum absolute atomic E-state index is 0.173. The van der Waals surface area contributed by atoms with Crippen molar-refractivity contribution in [2.45, 2.75) is 34.6 Å². The molecule has 5 aromatic rings. The Hall–Kier alpha value is -4.31. The standard InChI is InChI=1S/C33H31NO3/c1-6-36-32-23(5)33-28(29(19-37-33)26-13-9-11-24-10-7-8-12-25(24)26)18-27(32)22(4)17-31(35)34-30-16-20(2)14-15-21(30)3/h7-19H,6H2,1-5H3,(H,34,35)/b22-17+. The molecule has 5 rings (SSSR count). The largest absolute Gasteiger partial charge is 0.493 e. The smallest absolute Gasteiger partial charge is 0.248 e. The molecule has 1 aromatic heterocycles. The number of furan rings is 1. The van der Waals surface area contributed by atoms with Crippen molar-refractivity contribution in [1.82, 2.24) is 0 Å². The van der Waals surface area contributed by atoms with Gasteiger partial charge in [0.2, 0.25) is 5.91 Å². The Labute approximate surface area is 217 Å². The molecule has 4 nitrogen and oxygen atoms in total. The third kappa shape index (κ3) is 4.63. The number of anilines is 1. The quantitative estimate of drug-likeness (QED) is 0.243. The molecule has 0 spiro atoms. The van der Waals surface area contributed by atoms with Gasteiger partial charge in [-0.25, -0.2) is 0 Å². The molecule has 0 aliphatic heterocycles. The number of ether oxygens (including phenoxy) is 1. The van der Waals surface area contributed by atoms with Crippen LogP contribution in [0, 0.1) is 20.8 Å². The number of amides is 1. The summed E-state index contributed by atoms with van der Waals surface area (Å²) in [6, 6.07) is 22.8. The van der Waals surface area contributed by atoms with Crippen LogP contribution in [0.3, 0.4) is 0 Å². The van der Waals surface area contributed by atoms with E-state index in [2.05, 4.69) is 47.8 Å². The summed E-state index contributed by atoms with van der Waals surface area (Å²) < 4.78 is 12.2. The van der Waals surface area contributed by atoms with Gasteiger partial charge >= 0.3 is 0 Å². The Morgan fingerprint density at radius 1 is 0.946 bits per heavy atom. The lowest BCUT2D eigenvalue weighted by atomic mass is 9.94. The molecule has 0 radical (unpaired) electrons. The zero-order valence-corrected chi connectivity index (χ0v) is 21.9. The Kier molecular flexibility index (Phi) is 6.58. The second-order valence-electron chi connectivity index (χ2n) is 9.50. The van der Waals surface area contributed by atoms with Crippen LogP contribution in [0.2, 0.25) is 0 Å². The Morgan fingerprint density at radius 2 is 1.73 bits per heavy atom. The van der Waals surface area contributed by atoms with Crippen molar-refractivity contribution in [3.8, 4) is 16.9 Å². The molecule has 0 fully saturated rings. The molecule has 0 bridgehead atoms. The van der Waals surface area contributed by atoms with Gasteiger partial charge in [-0.15, -0.1) is 0 Å². The van der Waals surface area contributed by atoms with Gasteiger partial charge in [-0.05, 0) is 79.8 Å². The highest BCUT2D eigenvalue weighted by Crippen LogP contribution is 2.42. The highest BCUT2D eigenvalue weighted by Gasteiger charge is 2.20. The van der Waals surface area contributed by atoms with E-state index in [1.807, 2.05) is 65.1 Å². The highest BCUT2D eigenvalue weighted by molar-refractivity contribution is 6.08. The van der Waals surface area contributed by atoms with E-state index in [-0.39, 0.29) is 5.91 Å². The van der Waals surface area contributed by atoms with E-state index < -0.39 is 0 Å². The van der Waals surface area contributed by atoms with E-state index in [4.69, 9.17) is 9.15 Å². The van der Waals surface area contributed by atoms with Crippen molar-refractivity contribution in [1.29, 1.82) is 0 Å². The molecule has 186 valence electrons. The van der Waals surface area contributed by atoms with E-state index in [0.29, 0.717) is 6.61 Å². The normalized spacial score (nSPS) is 11.8. The third-order valence-corrected chi connectivity index (χ3v) is 6.84. The molecule has 1 N–H and O–H groups in total. The van der Waals surface area contributed by atoms with Crippen molar-refractivity contribution >= 4 is 38.9 Å². The number of rotatable bonds is 6. The van der Waals surface area contributed by atoms with Crippen molar-refractivity contribution in [3.63, 3.8) is 0 Å². The first kappa shape index (κ1) is 24.4. The van der Waals surface area contributed by atoms with Gasteiger partial charge in [-0.3, -0.25) is 4.79 Å². The molecule has 4 heteroatoms. The summed E-state index contributed by atoms with van der Waals surface area (Å²) in [5.41, 5.74) is 8.49. The van der Waals surface area contributed by atoms with Crippen LogP contribution in [-0.4, -0.2) is 12.5 Å². The average molecular weight is 490 g/mol. The van der Waals surface area contributed by atoms with Crippen LogP contribution < -0.4 is 10.1 Å². The number of carbonyl (C=O) groups is 1. The van der Waals surface area contributed by atoms with Crippen molar-refractivity contribution in [2.75, 3.05) is 11.9 Å². The first-order valence-electron chi connectivity index (χ1n) is 12.6. The number of hydrogen-bond donors (Lipinski definition) is 1. The molecule has 0 unspecified atom stereocenters. The molecule has 0 saturated carbocycles. The average Bonchev–Trinajstić information content (AvgIpc) is 3.31. The van der Waals surface area contributed by atoms with Gasteiger partial charge < -0.3 is 14.5 Å². The van der Waals surface area contributed by atoms with E-state index >= 15 is 0 Å². The molecule has 37 heavy (non-hydrogen) atoms. The number of hydrogen-bond acceptors (Lipinski definition) is 3. The fourth-order valence-electron chi connectivity index (χ4n) is 4.92. The number of benzene rings is 4. The van der Waals surface area contributed by atoms with Crippen molar-refractivity contribution in [3.05, 3.63) is 101 Å². The molecular weight excluding hydrogens is 458 g/mol. The summed E-state index contributed by atoms with van der Waals surface area (Å²) in [5.74, 6) is 0.565. The maximum Gasteiger partial charge on any atom is 0.248 e. The van der Waals surface area contributed by atoms with Gasteiger partial charge in [0.15, 0.2) is 0 Å². The lowest BCUT2D eigenvalue weighted by Gasteiger charge is -2.15. The highest BCUT2D eigenvalue weighted by atomic mass is 16.5. The van der Waals surface area contributed by atoms with Gasteiger partial charge in [0.1, 0.15) is 11.3 Å². The maximum absolute atomic E-state index is 13.0. The van der Waals surface area contributed by atoms with E-state index in [0.717, 1.165) is 61.4 Å². The maximum atomic E-state index is 13.0. The number of nitrogens with one attached hydrogen (secondary N) is 1. The van der Waals surface area contributed by atoms with Crippen LogP contribution in [-0.2, 0) is 4.79 Å². The fraction of sp³-hybridized carbons (Fsp3) is 0.182. The Morgan fingerprint density at radius 3 is 2.54 bits per heavy atom. The minimum Gasteiger partial charge on any atom is -0.493 e. The van der Waals surface area contributed by atoms with Crippen molar-refractivity contribution < 1.29 is 13.9 Å². The molecule has 4 aromatic carbocycles. The van der Waals surface area contributed by atoms with E-state index in [1.165, 1.54) is 10.8 Å². The summed E-state index contributed by atoms with van der Waals surface area (Å²) in [5, 5.41) is 6.37. The summed E-state index contributed by atoms with van der Waals surface area (Å²) in [6.45, 7) is 10.4. The van der Waals surface area contributed by atoms with Gasteiger partial charge in [-0.1, -0.05) is 54.6 Å². The topological polar surface area (TPSA) is 51.5 Å². The zero-order valence-electron chi connectivity index (χ0n) is 21.9. The summed E-state index contributed by atoms with van der Waals surface area (Å²) in [4.78, 5) is 13.0. The van der Waals surface area contributed by atoms with Gasteiger partial charge in [0.05, 0.1) is 12.9 Å². The lowest BCUT2D eigenvalue weighted by molar-refractivity contribution is -0.111. The third-order valence-electron chi connectivity index (χ3n) is 6.84. The molecule has 0 aliphatic rings. The van der Waals surface area contributed by atoms with Crippen molar-refractivity contribution in [2.24, 2.45) is 0 Å². The van der Waals surface area contributed by atoms with E-state index in [9.17, 15) is 4.79 Å². The molecular formula is C33H31NO3. The monoisotopic (exact) mass is 489 g/mol. The van der Waals surface area contributed by atoms with Crippen LogP contribution >= 0.6 is 0 Å². The Balaban J connectivity index is 1.62. The predicted molar refractivity (Wildman–Crippen MR) is 153 cm³/mol. The van der Waals surface area contributed by atoms with Crippen LogP contribution in [0.5, 0.6) is 5.75 Å². The molecule has 0 aliphatic carbocycles. The van der Waals surface area contributed by atoms with E-state index in [1.54, 1.807) is 6.08 Å². The Bertz CT molecular complexity index is 1670. The number of carbonyl (C=O) groups excluding carboxylic acids is 1. The summed E-state index contributed by atoms with van der Waals surface area (Å²) >= 11 is 0. The minimum atomic E-state index is -0.173. The molecule has 0 saturated heterocycles. The first-order valence-corrected chi connectivity index (χ1v) is 12.6. The fourth-order valence-corrected chi connectivity index (χ4v) is 4.92. The second kappa shape index (κ2) is 9.98. The molecule has 1 heterocycles. The van der Waals surface area contributed by atoms with Crippen LogP contribution in [0.25, 0.3) is 38.4 Å². The summed E-state index contributed by atoms with van der Waals surface area (Å²) in [7, 11) is 0. The van der Waals surface area contributed by atoms with Crippen LogP contribution in [0.15, 0.2) is 83.5 Å². The lowest BCUT2D eigenvalue weighted by Crippen LogP contribution is -2.10. The second-order valence-corrected chi connectivity index (χ2v) is 9.50. The summed E-state index contributed by atoms with van der Waals surface area (Å²) in [6.07, 6.45) is 3.47. The zero-order chi connectivity index (χ0) is 26.1. The van der Waals surface area contributed by atoms with Gasteiger partial charge in [-0.2, -0.15) is 0 Å². The molecule has 0 atom stereocenters. The molecule has 1 amide bonds. The van der Waals surface area contributed by atoms with Gasteiger partial charge in [0, 0.05) is 33.8 Å². The number of aryl methyl sites for hydroxylation is 3. The first-order chi connectivity index (χ1) is 17.9. The SMILES string of the molecule is CCOc1c(/C(C)=C/C(=O)Nc2cc(C)ccc2C)cc2c(-c3cccc4ccccc34)coc2c1C.